The van der Waals surface area contributed by atoms with Crippen LogP contribution in [0, 0.1) is 0 Å². The molecule has 0 heterocycles. The Bertz CT molecular complexity index is 940. The number of unbranched alkanes of at least 4 members (excludes halogenated alkanes) is 20. The fourth-order valence-electron chi connectivity index (χ4n) is 7.65. The monoisotopic (exact) mass is 873 g/mol. The van der Waals surface area contributed by atoms with Gasteiger partial charge in [-0.05, 0) is 38.7 Å². The summed E-state index contributed by atoms with van der Waals surface area (Å²) < 4.78 is 0. The minimum atomic E-state index is -0.456. The first kappa shape index (κ1) is 58.5. The van der Waals surface area contributed by atoms with Crippen LogP contribution in [0.15, 0.2) is 11.6 Å². The van der Waals surface area contributed by atoms with Crippen LogP contribution in [0.3, 0.4) is 0 Å². The predicted molar refractivity (Wildman–Crippen MR) is 258 cm³/mol. The lowest BCUT2D eigenvalue weighted by molar-refractivity contribution is -0.109. The fourth-order valence-corrected chi connectivity index (χ4v) is 9.28. The number of hydrogen-bond acceptors (Lipinski definition) is 10. The first-order valence-corrected chi connectivity index (χ1v) is 26.7. The molecule has 4 atom stereocenters. The number of aliphatic hydroxyl groups excluding tert-OH is 4. The van der Waals surface area contributed by atoms with Gasteiger partial charge in [-0.15, -0.1) is 0 Å². The molecule has 0 aromatic carbocycles. The Morgan fingerprint density at radius 3 is 1.02 bits per heavy atom. The predicted octanol–water partition coefficient (Wildman–Crippen LogP) is 11.5. The van der Waals surface area contributed by atoms with E-state index in [2.05, 4.69) is 37.5 Å². The Hall–Kier alpha value is -0.460. The molecular formula is C49H96N2O6S2. The van der Waals surface area contributed by atoms with Crippen molar-refractivity contribution < 1.29 is 30.0 Å². The summed E-state index contributed by atoms with van der Waals surface area (Å²) in [6.07, 6.45) is 30.9. The van der Waals surface area contributed by atoms with Crippen molar-refractivity contribution in [3.8, 4) is 0 Å². The SMILES string of the molecule is CCCCCCCCC(O)CN(CCSC(=O)/C=C(\C)C(=O)SCCN(CC(O)CCCCCCCC)CC(O)CCCCCCCC)CC(O)CCCCCCCC. The van der Waals surface area contributed by atoms with Crippen molar-refractivity contribution in [2.24, 2.45) is 0 Å². The molecule has 4 N–H and O–H groups in total. The minimum Gasteiger partial charge on any atom is -0.392 e. The molecule has 0 aliphatic rings. The quantitative estimate of drug-likeness (QED) is 0.0348. The zero-order valence-electron chi connectivity index (χ0n) is 39.2. The van der Waals surface area contributed by atoms with Gasteiger partial charge in [-0.2, -0.15) is 0 Å². The number of nitrogens with zero attached hydrogens (tertiary/aromatic N) is 2. The highest BCUT2D eigenvalue weighted by atomic mass is 32.2. The summed E-state index contributed by atoms with van der Waals surface area (Å²) in [5, 5.41) is 43.2. The van der Waals surface area contributed by atoms with Gasteiger partial charge in [-0.3, -0.25) is 19.4 Å². The van der Waals surface area contributed by atoms with E-state index in [4.69, 9.17) is 0 Å². The molecule has 0 saturated carbocycles. The summed E-state index contributed by atoms with van der Waals surface area (Å²) in [5.74, 6) is 1.05. The third-order valence-electron chi connectivity index (χ3n) is 11.4. The molecule has 4 unspecified atom stereocenters. The van der Waals surface area contributed by atoms with E-state index in [-0.39, 0.29) is 10.2 Å². The van der Waals surface area contributed by atoms with E-state index in [0.29, 0.717) is 56.3 Å². The molecule has 0 amide bonds. The third kappa shape index (κ3) is 38.9. The molecule has 350 valence electrons. The largest absolute Gasteiger partial charge is 0.392 e. The molecule has 0 rings (SSSR count). The first-order chi connectivity index (χ1) is 28.6. The van der Waals surface area contributed by atoms with Gasteiger partial charge in [0.2, 0.25) is 10.2 Å². The van der Waals surface area contributed by atoms with Crippen LogP contribution in [0.4, 0.5) is 0 Å². The molecular weight excluding hydrogens is 777 g/mol. The number of carbonyl (C=O) groups excluding carboxylic acids is 2. The standard InChI is InChI=1S/C49H96N2O6S2/c1-6-10-14-18-22-26-30-44(52)39-50(40-45(53)31-27-23-19-15-11-7-2)34-36-58-48(56)38-43(5)49(57)59-37-35-51(41-46(54)32-28-24-20-16-12-8-3)42-47(55)33-29-25-21-17-13-9-4/h38,44-47,52-55H,6-37,39-42H2,1-5H3/b43-38+. The number of hydrogen-bond donors (Lipinski definition) is 4. The van der Waals surface area contributed by atoms with Crippen LogP contribution in [-0.2, 0) is 9.59 Å². The lowest BCUT2D eigenvalue weighted by Crippen LogP contribution is -2.39. The zero-order chi connectivity index (χ0) is 43.8. The fraction of sp³-hybridized carbons (Fsp3) is 0.918. The van der Waals surface area contributed by atoms with Gasteiger partial charge in [0, 0.05) is 56.3 Å². The van der Waals surface area contributed by atoms with Crippen molar-refractivity contribution in [3.63, 3.8) is 0 Å². The molecule has 0 aliphatic carbocycles. The van der Waals surface area contributed by atoms with E-state index >= 15 is 0 Å². The second-order valence-corrected chi connectivity index (χ2v) is 19.7. The van der Waals surface area contributed by atoms with Crippen LogP contribution in [0.1, 0.15) is 214 Å². The highest BCUT2D eigenvalue weighted by Gasteiger charge is 2.19. The Morgan fingerprint density at radius 2 is 0.712 bits per heavy atom. The van der Waals surface area contributed by atoms with Crippen molar-refractivity contribution in [2.45, 2.75) is 239 Å². The Kier molecular flexibility index (Phi) is 42.5. The van der Waals surface area contributed by atoms with Crippen LogP contribution in [0.5, 0.6) is 0 Å². The molecule has 0 fully saturated rings. The summed E-state index contributed by atoms with van der Waals surface area (Å²) >= 11 is 2.38. The van der Waals surface area contributed by atoms with Crippen LogP contribution in [0.25, 0.3) is 0 Å². The maximum atomic E-state index is 13.1. The van der Waals surface area contributed by atoms with Crippen LogP contribution >= 0.6 is 23.5 Å². The van der Waals surface area contributed by atoms with Gasteiger partial charge in [-0.25, -0.2) is 0 Å². The summed E-state index contributed by atoms with van der Waals surface area (Å²) in [6.45, 7) is 13.7. The molecule has 0 bridgehead atoms. The first-order valence-electron chi connectivity index (χ1n) is 24.7. The second kappa shape index (κ2) is 42.8. The lowest BCUT2D eigenvalue weighted by Gasteiger charge is -2.27. The lowest BCUT2D eigenvalue weighted by atomic mass is 10.1. The molecule has 8 nitrogen and oxygen atoms in total. The average molecular weight is 873 g/mol. The Labute approximate surface area is 373 Å². The van der Waals surface area contributed by atoms with E-state index in [9.17, 15) is 30.0 Å². The topological polar surface area (TPSA) is 122 Å². The maximum absolute atomic E-state index is 13.1. The molecule has 0 radical (unpaired) electrons. The molecule has 0 aliphatic heterocycles. The van der Waals surface area contributed by atoms with Gasteiger partial charge in [0.1, 0.15) is 0 Å². The van der Waals surface area contributed by atoms with Crippen LogP contribution in [0.2, 0.25) is 0 Å². The zero-order valence-corrected chi connectivity index (χ0v) is 40.8. The highest BCUT2D eigenvalue weighted by Crippen LogP contribution is 2.18. The van der Waals surface area contributed by atoms with Crippen LogP contribution in [-0.4, -0.2) is 116 Å². The summed E-state index contributed by atoms with van der Waals surface area (Å²) in [7, 11) is 0. The molecule has 0 spiro atoms. The number of aliphatic hydroxyl groups is 4. The Balaban J connectivity index is 5.07. The minimum absolute atomic E-state index is 0.128. The van der Waals surface area contributed by atoms with Gasteiger partial charge >= 0.3 is 0 Å². The van der Waals surface area contributed by atoms with Gasteiger partial charge < -0.3 is 20.4 Å². The van der Waals surface area contributed by atoms with E-state index in [0.717, 1.165) is 77.0 Å². The average Bonchev–Trinajstić information content (AvgIpc) is 3.19. The van der Waals surface area contributed by atoms with E-state index in [1.807, 2.05) is 0 Å². The van der Waals surface area contributed by atoms with E-state index < -0.39 is 24.4 Å². The van der Waals surface area contributed by atoms with Gasteiger partial charge in [-0.1, -0.05) is 205 Å². The summed E-state index contributed by atoms with van der Waals surface area (Å²) in [6, 6.07) is 0. The van der Waals surface area contributed by atoms with Crippen molar-refractivity contribution in [3.05, 3.63) is 11.6 Å². The maximum Gasteiger partial charge on any atom is 0.215 e. The molecule has 59 heavy (non-hydrogen) atoms. The van der Waals surface area contributed by atoms with Crippen LogP contribution < -0.4 is 0 Å². The van der Waals surface area contributed by atoms with E-state index in [1.54, 1.807) is 6.92 Å². The molecule has 0 aromatic rings. The normalized spacial score (nSPS) is 14.3. The van der Waals surface area contributed by atoms with Gasteiger partial charge in [0.15, 0.2) is 0 Å². The second-order valence-electron chi connectivity index (χ2n) is 17.5. The van der Waals surface area contributed by atoms with Crippen molar-refractivity contribution in [1.82, 2.24) is 9.80 Å². The summed E-state index contributed by atoms with van der Waals surface area (Å²) in [5.41, 5.74) is 0.422. The smallest absolute Gasteiger partial charge is 0.215 e. The summed E-state index contributed by atoms with van der Waals surface area (Å²) in [4.78, 5) is 30.3. The van der Waals surface area contributed by atoms with Crippen molar-refractivity contribution >= 4 is 33.8 Å². The molecule has 0 aromatic heterocycles. The van der Waals surface area contributed by atoms with Gasteiger partial charge in [0.25, 0.3) is 0 Å². The number of rotatable bonds is 44. The molecule has 10 heteroatoms. The Morgan fingerprint density at radius 1 is 0.441 bits per heavy atom. The van der Waals surface area contributed by atoms with E-state index in [1.165, 1.54) is 132 Å². The van der Waals surface area contributed by atoms with Gasteiger partial charge in [0.05, 0.1) is 24.4 Å². The molecule has 0 saturated heterocycles. The number of carbonyl (C=O) groups is 2. The van der Waals surface area contributed by atoms with Crippen molar-refractivity contribution in [2.75, 3.05) is 50.8 Å². The highest BCUT2D eigenvalue weighted by molar-refractivity contribution is 8.14. The van der Waals surface area contributed by atoms with Crippen molar-refractivity contribution in [1.29, 1.82) is 0 Å². The third-order valence-corrected chi connectivity index (χ3v) is 13.1. The number of thioether (sulfide) groups is 2.